The number of hydrogen-bond donors (Lipinski definition) is 3. The van der Waals surface area contributed by atoms with Crippen molar-refractivity contribution in [1.82, 2.24) is 0 Å². The molecule has 1 saturated heterocycles. The molecule has 0 aromatic heterocycles. The smallest absolute Gasteiger partial charge is 0.337 e. The first-order valence-corrected chi connectivity index (χ1v) is 6.40. The molecule has 1 aliphatic rings. The monoisotopic (exact) mass is 298 g/mol. The highest BCUT2D eigenvalue weighted by Crippen LogP contribution is 2.29. The molecular weight excluding hydrogens is 284 g/mol. The van der Waals surface area contributed by atoms with Crippen LogP contribution in [-0.2, 0) is 9.53 Å². The highest BCUT2D eigenvalue weighted by molar-refractivity contribution is 6.33. The topological polar surface area (TPSA) is 102 Å². The molecule has 1 aromatic carbocycles. The fourth-order valence-electron chi connectivity index (χ4n) is 1.96. The van der Waals surface area contributed by atoms with Gasteiger partial charge in [-0.2, -0.15) is 0 Å². The molecule has 108 valence electrons. The lowest BCUT2D eigenvalue weighted by Gasteiger charge is -2.25. The van der Waals surface area contributed by atoms with Crippen LogP contribution in [-0.4, -0.2) is 36.2 Å². The summed E-state index contributed by atoms with van der Waals surface area (Å²) in [6.07, 6.45) is 0. The number of carbonyl (C=O) groups excluding carboxylic acids is 1. The number of ether oxygens (including phenoxy) is 1. The first kappa shape index (κ1) is 14.8. The molecule has 2 unspecified atom stereocenters. The van der Waals surface area contributed by atoms with Crippen LogP contribution in [0.4, 0.5) is 5.69 Å². The van der Waals surface area contributed by atoms with E-state index in [0.717, 1.165) is 0 Å². The molecule has 1 heterocycles. The quantitative estimate of drug-likeness (QED) is 0.781. The van der Waals surface area contributed by atoms with Crippen molar-refractivity contribution in [3.8, 4) is 0 Å². The molecule has 1 aromatic rings. The van der Waals surface area contributed by atoms with Gasteiger partial charge in [0.15, 0.2) is 0 Å². The van der Waals surface area contributed by atoms with Gasteiger partial charge < -0.3 is 20.9 Å². The summed E-state index contributed by atoms with van der Waals surface area (Å²) >= 11 is 5.85. The minimum absolute atomic E-state index is 0.0169. The van der Waals surface area contributed by atoms with Gasteiger partial charge >= 0.3 is 5.97 Å². The van der Waals surface area contributed by atoms with Gasteiger partial charge in [-0.25, -0.2) is 4.79 Å². The van der Waals surface area contributed by atoms with Crippen molar-refractivity contribution in [2.75, 3.05) is 18.5 Å². The van der Waals surface area contributed by atoms with E-state index in [1.54, 1.807) is 6.92 Å². The van der Waals surface area contributed by atoms with Crippen LogP contribution >= 0.6 is 11.6 Å². The lowest BCUT2D eigenvalue weighted by atomic mass is 9.85. The van der Waals surface area contributed by atoms with E-state index in [4.69, 9.17) is 27.2 Å². The van der Waals surface area contributed by atoms with Gasteiger partial charge in [0.1, 0.15) is 0 Å². The van der Waals surface area contributed by atoms with E-state index in [9.17, 15) is 9.59 Å². The summed E-state index contributed by atoms with van der Waals surface area (Å²) in [5.74, 6) is -1.40. The fourth-order valence-corrected chi connectivity index (χ4v) is 2.22. The normalized spacial score (nSPS) is 25.4. The van der Waals surface area contributed by atoms with Crippen LogP contribution in [0.25, 0.3) is 0 Å². The molecule has 0 aliphatic carbocycles. The Morgan fingerprint density at radius 2 is 2.25 bits per heavy atom. The van der Waals surface area contributed by atoms with Gasteiger partial charge in [-0.05, 0) is 25.1 Å². The summed E-state index contributed by atoms with van der Waals surface area (Å²) in [7, 11) is 0. The Balaban J connectivity index is 2.16. The van der Waals surface area contributed by atoms with Gasteiger partial charge in [0.05, 0.1) is 29.2 Å². The Morgan fingerprint density at radius 3 is 2.75 bits per heavy atom. The average molecular weight is 299 g/mol. The number of carboxylic acid groups (broad SMARTS) is 1. The molecule has 2 rings (SSSR count). The molecule has 1 amide bonds. The second kappa shape index (κ2) is 5.40. The lowest BCUT2D eigenvalue weighted by Crippen LogP contribution is -2.47. The molecule has 0 bridgehead atoms. The Kier molecular flexibility index (Phi) is 3.99. The molecular formula is C13H15ClN2O4. The molecule has 0 spiro atoms. The molecule has 1 fully saturated rings. The summed E-state index contributed by atoms with van der Waals surface area (Å²) in [6, 6.07) is 3.84. The van der Waals surface area contributed by atoms with Crippen molar-refractivity contribution < 1.29 is 19.4 Å². The van der Waals surface area contributed by atoms with Gasteiger partial charge in [0.25, 0.3) is 0 Å². The number of aromatic carboxylic acids is 1. The van der Waals surface area contributed by atoms with Crippen molar-refractivity contribution in [3.63, 3.8) is 0 Å². The van der Waals surface area contributed by atoms with Crippen LogP contribution < -0.4 is 11.1 Å². The third-order valence-electron chi connectivity index (χ3n) is 3.49. The van der Waals surface area contributed by atoms with Crippen LogP contribution in [0.1, 0.15) is 17.3 Å². The van der Waals surface area contributed by atoms with E-state index < -0.39 is 11.4 Å². The molecule has 20 heavy (non-hydrogen) atoms. The number of nitrogens with one attached hydrogen (secondary N) is 1. The van der Waals surface area contributed by atoms with E-state index in [-0.39, 0.29) is 29.1 Å². The second-order valence-corrected chi connectivity index (χ2v) is 5.40. The molecule has 6 nitrogen and oxygen atoms in total. The largest absolute Gasteiger partial charge is 0.478 e. The summed E-state index contributed by atoms with van der Waals surface area (Å²) < 4.78 is 5.22. The summed E-state index contributed by atoms with van der Waals surface area (Å²) in [6.45, 7) is 2.32. The maximum absolute atomic E-state index is 12.2. The predicted octanol–water partition coefficient (Wildman–Crippen LogP) is 1.34. The van der Waals surface area contributed by atoms with E-state index in [1.165, 1.54) is 18.2 Å². The Labute approximate surface area is 120 Å². The molecule has 0 radical (unpaired) electrons. The summed E-state index contributed by atoms with van der Waals surface area (Å²) in [5.41, 5.74) is 5.47. The number of anilines is 1. The van der Waals surface area contributed by atoms with Crippen molar-refractivity contribution >= 4 is 29.2 Å². The first-order chi connectivity index (χ1) is 9.34. The third-order valence-corrected chi connectivity index (χ3v) is 3.81. The van der Waals surface area contributed by atoms with Crippen LogP contribution in [0.15, 0.2) is 18.2 Å². The van der Waals surface area contributed by atoms with Crippen LogP contribution in [0, 0.1) is 5.41 Å². The number of nitrogens with two attached hydrogens (primary N) is 1. The van der Waals surface area contributed by atoms with Crippen molar-refractivity contribution in [3.05, 3.63) is 28.8 Å². The van der Waals surface area contributed by atoms with E-state index >= 15 is 0 Å². The standard InChI is InChI=1S/C13H15ClN2O4/c1-13(6-20-5-10(13)15)12(19)16-7-2-3-8(11(17)18)9(14)4-7/h2-4,10H,5-6,15H2,1H3,(H,16,19)(H,17,18). The zero-order chi connectivity index (χ0) is 14.9. The highest BCUT2D eigenvalue weighted by atomic mass is 35.5. The van der Waals surface area contributed by atoms with E-state index in [2.05, 4.69) is 5.32 Å². The highest BCUT2D eigenvalue weighted by Gasteiger charge is 2.44. The summed E-state index contributed by atoms with van der Waals surface area (Å²) in [4.78, 5) is 23.1. The van der Waals surface area contributed by atoms with Crippen LogP contribution in [0.5, 0.6) is 0 Å². The molecule has 0 saturated carbocycles. The number of benzene rings is 1. The number of carboxylic acids is 1. The molecule has 1 aliphatic heterocycles. The van der Waals surface area contributed by atoms with Crippen molar-refractivity contribution in [1.29, 1.82) is 0 Å². The van der Waals surface area contributed by atoms with Crippen LogP contribution in [0.3, 0.4) is 0 Å². The Morgan fingerprint density at radius 1 is 1.55 bits per heavy atom. The number of rotatable bonds is 3. The SMILES string of the molecule is CC1(C(=O)Nc2ccc(C(=O)O)c(Cl)c2)COCC1N. The lowest BCUT2D eigenvalue weighted by molar-refractivity contribution is -0.125. The fraction of sp³-hybridized carbons (Fsp3) is 0.385. The number of carbonyl (C=O) groups is 2. The van der Waals surface area contributed by atoms with Gasteiger partial charge in [-0.15, -0.1) is 0 Å². The van der Waals surface area contributed by atoms with E-state index in [0.29, 0.717) is 12.3 Å². The maximum atomic E-state index is 12.2. The molecule has 7 heteroatoms. The van der Waals surface area contributed by atoms with Gasteiger partial charge in [0, 0.05) is 11.7 Å². The van der Waals surface area contributed by atoms with Crippen molar-refractivity contribution in [2.24, 2.45) is 11.1 Å². The zero-order valence-corrected chi connectivity index (χ0v) is 11.6. The maximum Gasteiger partial charge on any atom is 0.337 e. The van der Waals surface area contributed by atoms with E-state index in [1.807, 2.05) is 0 Å². The van der Waals surface area contributed by atoms with Gasteiger partial charge in [0.2, 0.25) is 5.91 Å². The number of amides is 1. The molecule has 2 atom stereocenters. The third kappa shape index (κ3) is 2.63. The minimum Gasteiger partial charge on any atom is -0.478 e. The molecule has 4 N–H and O–H groups in total. The minimum atomic E-state index is -1.12. The van der Waals surface area contributed by atoms with Gasteiger partial charge in [-0.1, -0.05) is 11.6 Å². The first-order valence-electron chi connectivity index (χ1n) is 6.02. The number of halogens is 1. The average Bonchev–Trinajstić information content (AvgIpc) is 2.70. The van der Waals surface area contributed by atoms with Crippen LogP contribution in [0.2, 0.25) is 5.02 Å². The van der Waals surface area contributed by atoms with Gasteiger partial charge in [-0.3, -0.25) is 4.79 Å². The Bertz CT molecular complexity index is 563. The Hall–Kier alpha value is -1.63. The zero-order valence-electron chi connectivity index (χ0n) is 10.9. The predicted molar refractivity (Wildman–Crippen MR) is 73.9 cm³/mol. The number of hydrogen-bond acceptors (Lipinski definition) is 4. The van der Waals surface area contributed by atoms with Crippen molar-refractivity contribution in [2.45, 2.75) is 13.0 Å². The second-order valence-electron chi connectivity index (χ2n) is 4.99. The summed E-state index contributed by atoms with van der Waals surface area (Å²) in [5, 5.41) is 11.6.